The first-order chi connectivity index (χ1) is 7.27. The van der Waals surface area contributed by atoms with Crippen molar-refractivity contribution in [3.8, 4) is 0 Å². The molecule has 1 nitrogen and oxygen atoms in total. The fourth-order valence-corrected chi connectivity index (χ4v) is 1.78. The Hall–Kier alpha value is -1.28. The van der Waals surface area contributed by atoms with Crippen LogP contribution in [0.2, 0.25) is 0 Å². The molecule has 1 heterocycles. The Kier molecular flexibility index (Phi) is 3.07. The Morgan fingerprint density at radius 3 is 2.40 bits per heavy atom. The van der Waals surface area contributed by atoms with Crippen LogP contribution in [0.25, 0.3) is 0 Å². The molecule has 1 aromatic carbocycles. The normalized spacial score (nSPS) is 12.4. The van der Waals surface area contributed by atoms with Gasteiger partial charge < -0.3 is 0 Å². The van der Waals surface area contributed by atoms with E-state index in [0.717, 1.165) is 5.69 Å². The minimum atomic E-state index is 0.0619. The minimum Gasteiger partial charge on any atom is -0.260 e. The zero-order valence-electron chi connectivity index (χ0n) is 8.59. The Morgan fingerprint density at radius 2 is 1.80 bits per heavy atom. The van der Waals surface area contributed by atoms with Crippen LogP contribution in [-0.4, -0.2) is 4.98 Å². The number of hydrogen-bond donors (Lipinski definition) is 1. The van der Waals surface area contributed by atoms with Crippen molar-refractivity contribution in [1.29, 1.82) is 0 Å². The van der Waals surface area contributed by atoms with Crippen LogP contribution in [0.15, 0.2) is 48.7 Å². The lowest BCUT2D eigenvalue weighted by molar-refractivity contribution is 1.05. The van der Waals surface area contributed by atoms with Crippen molar-refractivity contribution >= 4 is 12.6 Å². The summed E-state index contributed by atoms with van der Waals surface area (Å²) in [6, 6.07) is 14.3. The van der Waals surface area contributed by atoms with Gasteiger partial charge in [0.15, 0.2) is 0 Å². The molecule has 2 heteroatoms. The van der Waals surface area contributed by atoms with E-state index < -0.39 is 0 Å². The van der Waals surface area contributed by atoms with Gasteiger partial charge in [0.25, 0.3) is 0 Å². The van der Waals surface area contributed by atoms with Crippen LogP contribution in [-0.2, 0) is 0 Å². The molecule has 0 aliphatic rings. The zero-order valence-corrected chi connectivity index (χ0v) is 9.49. The largest absolute Gasteiger partial charge is 0.260 e. The van der Waals surface area contributed by atoms with E-state index in [4.69, 9.17) is 0 Å². The van der Waals surface area contributed by atoms with Crippen LogP contribution >= 0.6 is 12.6 Å². The molecule has 15 heavy (non-hydrogen) atoms. The summed E-state index contributed by atoms with van der Waals surface area (Å²) in [6.45, 7) is 2.08. The topological polar surface area (TPSA) is 12.9 Å². The monoisotopic (exact) mass is 215 g/mol. The van der Waals surface area contributed by atoms with Gasteiger partial charge in [-0.2, -0.15) is 12.6 Å². The van der Waals surface area contributed by atoms with Gasteiger partial charge in [-0.15, -0.1) is 0 Å². The van der Waals surface area contributed by atoms with Crippen molar-refractivity contribution in [1.82, 2.24) is 4.98 Å². The molecule has 0 saturated carbocycles. The van der Waals surface area contributed by atoms with E-state index in [2.05, 4.69) is 48.8 Å². The van der Waals surface area contributed by atoms with E-state index in [1.54, 1.807) is 6.20 Å². The summed E-state index contributed by atoms with van der Waals surface area (Å²) in [6.07, 6.45) is 1.80. The van der Waals surface area contributed by atoms with E-state index in [1.807, 2.05) is 18.2 Å². The van der Waals surface area contributed by atoms with Crippen LogP contribution in [0.4, 0.5) is 0 Å². The maximum absolute atomic E-state index is 4.58. The molecule has 0 aliphatic carbocycles. The zero-order chi connectivity index (χ0) is 10.7. The van der Waals surface area contributed by atoms with Crippen molar-refractivity contribution < 1.29 is 0 Å². The number of benzene rings is 1. The molecule has 1 aromatic heterocycles. The molecule has 76 valence electrons. The highest BCUT2D eigenvalue weighted by Gasteiger charge is 2.09. The Bertz CT molecular complexity index is 422. The van der Waals surface area contributed by atoms with Crippen molar-refractivity contribution in [3.63, 3.8) is 0 Å². The van der Waals surface area contributed by atoms with Crippen LogP contribution in [0, 0.1) is 6.92 Å². The SMILES string of the molecule is Cc1ccc(C(S)c2ccccn2)cc1. The van der Waals surface area contributed by atoms with Gasteiger partial charge in [-0.1, -0.05) is 35.9 Å². The number of thiol groups is 1. The van der Waals surface area contributed by atoms with E-state index >= 15 is 0 Å². The molecule has 1 unspecified atom stereocenters. The second-order valence-corrected chi connectivity index (χ2v) is 4.08. The fourth-order valence-electron chi connectivity index (χ4n) is 1.46. The first-order valence-electron chi connectivity index (χ1n) is 4.93. The summed E-state index contributed by atoms with van der Waals surface area (Å²) in [5, 5.41) is 0.0619. The minimum absolute atomic E-state index is 0.0619. The predicted octanol–water partition coefficient (Wildman–Crippen LogP) is 3.41. The third-order valence-corrected chi connectivity index (χ3v) is 2.92. The molecule has 0 spiro atoms. The molecule has 0 radical (unpaired) electrons. The standard InChI is InChI=1S/C13H13NS/c1-10-5-7-11(8-6-10)13(15)12-4-2-3-9-14-12/h2-9,13,15H,1H3. The molecule has 1 atom stereocenters. The molecule has 0 saturated heterocycles. The highest BCUT2D eigenvalue weighted by atomic mass is 32.1. The van der Waals surface area contributed by atoms with Crippen LogP contribution in [0.3, 0.4) is 0 Å². The molecule has 0 aliphatic heterocycles. The number of hydrogen-bond acceptors (Lipinski definition) is 2. The van der Waals surface area contributed by atoms with Crippen molar-refractivity contribution in [2.75, 3.05) is 0 Å². The summed E-state index contributed by atoms with van der Waals surface area (Å²) in [7, 11) is 0. The Labute approximate surface area is 95.6 Å². The number of aryl methyl sites for hydroxylation is 1. The van der Waals surface area contributed by atoms with Gasteiger partial charge in [-0.05, 0) is 24.6 Å². The fraction of sp³-hybridized carbons (Fsp3) is 0.154. The Balaban J connectivity index is 2.29. The van der Waals surface area contributed by atoms with Crippen molar-refractivity contribution in [2.45, 2.75) is 12.2 Å². The number of rotatable bonds is 2. The third-order valence-electron chi connectivity index (χ3n) is 2.36. The van der Waals surface area contributed by atoms with Gasteiger partial charge in [0, 0.05) is 6.20 Å². The maximum Gasteiger partial charge on any atom is 0.0689 e. The lowest BCUT2D eigenvalue weighted by Gasteiger charge is -2.10. The second-order valence-electron chi connectivity index (χ2n) is 3.57. The molecular formula is C13H13NS. The van der Waals surface area contributed by atoms with Gasteiger partial charge in [0.05, 0.1) is 10.9 Å². The molecule has 2 rings (SSSR count). The first-order valence-corrected chi connectivity index (χ1v) is 5.44. The highest BCUT2D eigenvalue weighted by molar-refractivity contribution is 7.80. The van der Waals surface area contributed by atoms with E-state index in [-0.39, 0.29) is 5.25 Å². The quantitative estimate of drug-likeness (QED) is 0.757. The first kappa shape index (κ1) is 10.2. The average molecular weight is 215 g/mol. The van der Waals surface area contributed by atoms with Gasteiger partial charge in [-0.25, -0.2) is 0 Å². The van der Waals surface area contributed by atoms with Gasteiger partial charge >= 0.3 is 0 Å². The highest BCUT2D eigenvalue weighted by Crippen LogP contribution is 2.26. The van der Waals surface area contributed by atoms with Crippen LogP contribution in [0.1, 0.15) is 22.1 Å². The maximum atomic E-state index is 4.58. The smallest absolute Gasteiger partial charge is 0.0689 e. The Morgan fingerprint density at radius 1 is 1.07 bits per heavy atom. The van der Waals surface area contributed by atoms with Gasteiger partial charge in [-0.3, -0.25) is 4.98 Å². The molecule has 0 amide bonds. The summed E-state index contributed by atoms with van der Waals surface area (Å²) < 4.78 is 0. The van der Waals surface area contributed by atoms with Gasteiger partial charge in [0.2, 0.25) is 0 Å². The summed E-state index contributed by atoms with van der Waals surface area (Å²) in [5.74, 6) is 0. The van der Waals surface area contributed by atoms with Crippen molar-refractivity contribution in [3.05, 3.63) is 65.5 Å². The molecule has 0 N–H and O–H groups in total. The van der Waals surface area contributed by atoms with Gasteiger partial charge in [0.1, 0.15) is 0 Å². The van der Waals surface area contributed by atoms with Crippen LogP contribution in [0.5, 0.6) is 0 Å². The summed E-state index contributed by atoms with van der Waals surface area (Å²) in [5.41, 5.74) is 3.44. The van der Waals surface area contributed by atoms with E-state index in [9.17, 15) is 0 Å². The molecule has 0 bridgehead atoms. The number of aromatic nitrogens is 1. The predicted molar refractivity (Wildman–Crippen MR) is 66.2 cm³/mol. The average Bonchev–Trinajstić information content (AvgIpc) is 2.30. The van der Waals surface area contributed by atoms with E-state index in [1.165, 1.54) is 11.1 Å². The van der Waals surface area contributed by atoms with Crippen molar-refractivity contribution in [2.24, 2.45) is 0 Å². The molecule has 0 fully saturated rings. The molecular weight excluding hydrogens is 202 g/mol. The number of pyridine rings is 1. The number of nitrogens with zero attached hydrogens (tertiary/aromatic N) is 1. The third kappa shape index (κ3) is 2.39. The molecule has 2 aromatic rings. The van der Waals surface area contributed by atoms with E-state index in [0.29, 0.717) is 0 Å². The summed E-state index contributed by atoms with van der Waals surface area (Å²) in [4.78, 5) is 4.30. The second kappa shape index (κ2) is 4.49. The summed E-state index contributed by atoms with van der Waals surface area (Å²) >= 11 is 4.58. The lowest BCUT2D eigenvalue weighted by atomic mass is 10.1. The van der Waals surface area contributed by atoms with Crippen LogP contribution < -0.4 is 0 Å². The lowest BCUT2D eigenvalue weighted by Crippen LogP contribution is -1.95.